The van der Waals surface area contributed by atoms with Gasteiger partial charge in [-0.15, -0.1) is 0 Å². The van der Waals surface area contributed by atoms with Crippen molar-refractivity contribution < 1.29 is 8.78 Å². The Hall–Kier alpha value is -1.25. The molecule has 0 aliphatic rings. The molecular weight excluding hydrogens is 326 g/mol. The van der Waals surface area contributed by atoms with Gasteiger partial charge in [-0.25, -0.2) is 24.6 Å². The highest BCUT2D eigenvalue weighted by atomic mass is 79.9. The third kappa shape index (κ3) is 2.77. The Labute approximate surface area is 114 Å². The van der Waals surface area contributed by atoms with Gasteiger partial charge in [0.25, 0.3) is 0 Å². The molecule has 0 aliphatic heterocycles. The first-order valence-electron chi connectivity index (χ1n) is 4.72. The molecule has 0 aliphatic carbocycles. The average molecular weight is 333 g/mol. The van der Waals surface area contributed by atoms with Crippen LogP contribution in [0.4, 0.5) is 14.6 Å². The van der Waals surface area contributed by atoms with Crippen molar-refractivity contribution in [1.29, 1.82) is 0 Å². The lowest BCUT2D eigenvalue weighted by Gasteiger charge is -2.07. The molecule has 0 bridgehead atoms. The number of nitrogens with one attached hydrogen (secondary N) is 1. The second-order valence-electron chi connectivity index (χ2n) is 3.16. The second kappa shape index (κ2) is 5.59. The highest BCUT2D eigenvalue weighted by molar-refractivity contribution is 9.10. The average Bonchev–Trinajstić information content (AvgIpc) is 2.35. The predicted octanol–water partition coefficient (Wildman–Crippen LogP) is 2.95. The van der Waals surface area contributed by atoms with Crippen LogP contribution in [0.15, 0.2) is 38.9 Å². The summed E-state index contributed by atoms with van der Waals surface area (Å²) in [6.07, 6.45) is 1.30. The third-order valence-electron chi connectivity index (χ3n) is 1.99. The van der Waals surface area contributed by atoms with Crippen LogP contribution in [0.3, 0.4) is 0 Å². The van der Waals surface area contributed by atoms with E-state index in [0.29, 0.717) is 15.3 Å². The maximum Gasteiger partial charge on any atom is 0.158 e. The Morgan fingerprint density at radius 1 is 1.28 bits per heavy atom. The lowest BCUT2D eigenvalue weighted by atomic mass is 10.3. The van der Waals surface area contributed by atoms with E-state index in [1.54, 1.807) is 0 Å². The number of nitrogens with two attached hydrogens (primary N) is 1. The quantitative estimate of drug-likeness (QED) is 0.514. The number of aromatic nitrogens is 2. The maximum absolute atomic E-state index is 13.5. The number of benzene rings is 1. The van der Waals surface area contributed by atoms with Crippen molar-refractivity contribution in [2.75, 3.05) is 5.43 Å². The molecule has 0 fully saturated rings. The SMILES string of the molecule is NNc1ncnc(Sc2ccc(F)cc2F)c1Br. The van der Waals surface area contributed by atoms with Crippen LogP contribution in [0.2, 0.25) is 0 Å². The number of hydrogen-bond donors (Lipinski definition) is 2. The summed E-state index contributed by atoms with van der Waals surface area (Å²) in [5, 5.41) is 0.475. The molecule has 1 aromatic heterocycles. The van der Waals surface area contributed by atoms with Crippen molar-refractivity contribution in [2.45, 2.75) is 9.92 Å². The van der Waals surface area contributed by atoms with Crippen LogP contribution in [-0.2, 0) is 0 Å². The van der Waals surface area contributed by atoms with E-state index in [4.69, 9.17) is 5.84 Å². The molecular formula is C10H7BrF2N4S. The number of rotatable bonds is 3. The van der Waals surface area contributed by atoms with Crippen molar-refractivity contribution in [1.82, 2.24) is 9.97 Å². The molecule has 0 spiro atoms. The van der Waals surface area contributed by atoms with Gasteiger partial charge in [0.1, 0.15) is 23.0 Å². The van der Waals surface area contributed by atoms with E-state index in [1.807, 2.05) is 0 Å². The van der Waals surface area contributed by atoms with Crippen molar-refractivity contribution in [2.24, 2.45) is 5.84 Å². The number of nitrogens with zero attached hydrogens (tertiary/aromatic N) is 2. The Morgan fingerprint density at radius 2 is 2.06 bits per heavy atom. The van der Waals surface area contributed by atoms with Crippen LogP contribution in [0, 0.1) is 11.6 Å². The summed E-state index contributed by atoms with van der Waals surface area (Å²) in [6, 6.07) is 3.35. The number of anilines is 1. The van der Waals surface area contributed by atoms with E-state index >= 15 is 0 Å². The molecule has 3 N–H and O–H groups in total. The Balaban J connectivity index is 2.34. The van der Waals surface area contributed by atoms with Gasteiger partial charge in [0.05, 0.1) is 4.47 Å². The second-order valence-corrected chi connectivity index (χ2v) is 4.99. The predicted molar refractivity (Wildman–Crippen MR) is 68.0 cm³/mol. The van der Waals surface area contributed by atoms with Gasteiger partial charge < -0.3 is 5.43 Å². The molecule has 0 radical (unpaired) electrons. The number of hydrogen-bond acceptors (Lipinski definition) is 5. The van der Waals surface area contributed by atoms with Crippen molar-refractivity contribution in [3.8, 4) is 0 Å². The zero-order chi connectivity index (χ0) is 13.1. The normalized spacial score (nSPS) is 10.4. The fourth-order valence-electron chi connectivity index (χ4n) is 1.19. The molecule has 8 heteroatoms. The van der Waals surface area contributed by atoms with E-state index in [-0.39, 0.29) is 4.90 Å². The van der Waals surface area contributed by atoms with Gasteiger partial charge in [0, 0.05) is 11.0 Å². The van der Waals surface area contributed by atoms with E-state index < -0.39 is 11.6 Å². The fraction of sp³-hybridized carbons (Fsp3) is 0. The molecule has 2 rings (SSSR count). The summed E-state index contributed by atoms with van der Waals surface area (Å²) in [4.78, 5) is 8.13. The van der Waals surface area contributed by atoms with Crippen LogP contribution in [0.25, 0.3) is 0 Å². The molecule has 1 heterocycles. The van der Waals surface area contributed by atoms with Crippen LogP contribution in [-0.4, -0.2) is 9.97 Å². The first-order valence-corrected chi connectivity index (χ1v) is 6.33. The standard InChI is InChI=1S/C10H7BrF2N4S/c11-8-9(17-14)15-4-16-10(8)18-7-2-1-5(12)3-6(7)13/h1-4H,14H2,(H,15,16,17). The summed E-state index contributed by atoms with van der Waals surface area (Å²) in [7, 11) is 0. The topological polar surface area (TPSA) is 63.8 Å². The van der Waals surface area contributed by atoms with Gasteiger partial charge >= 0.3 is 0 Å². The summed E-state index contributed by atoms with van der Waals surface area (Å²) in [6.45, 7) is 0. The molecule has 0 amide bonds. The fourth-order valence-corrected chi connectivity index (χ4v) is 2.54. The third-order valence-corrected chi connectivity index (χ3v) is 4.06. The lowest BCUT2D eigenvalue weighted by Crippen LogP contribution is -2.09. The van der Waals surface area contributed by atoms with Crippen LogP contribution in [0.5, 0.6) is 0 Å². The lowest BCUT2D eigenvalue weighted by molar-refractivity contribution is 0.565. The zero-order valence-electron chi connectivity index (χ0n) is 8.82. The zero-order valence-corrected chi connectivity index (χ0v) is 11.2. The first-order chi connectivity index (χ1) is 8.61. The van der Waals surface area contributed by atoms with Gasteiger partial charge in [0.2, 0.25) is 0 Å². The summed E-state index contributed by atoms with van der Waals surface area (Å²) >= 11 is 4.30. The Morgan fingerprint density at radius 3 is 2.72 bits per heavy atom. The van der Waals surface area contributed by atoms with Gasteiger partial charge in [0.15, 0.2) is 5.82 Å². The molecule has 18 heavy (non-hydrogen) atoms. The van der Waals surface area contributed by atoms with Crippen LogP contribution >= 0.6 is 27.7 Å². The molecule has 0 unspecified atom stereocenters. The van der Waals surface area contributed by atoms with Crippen molar-refractivity contribution in [3.63, 3.8) is 0 Å². The number of nitrogen functional groups attached to an aromatic ring is 1. The van der Waals surface area contributed by atoms with Gasteiger partial charge in [-0.3, -0.25) is 0 Å². The minimum atomic E-state index is -0.646. The Kier molecular flexibility index (Phi) is 4.10. The van der Waals surface area contributed by atoms with E-state index in [9.17, 15) is 8.78 Å². The molecule has 1 aromatic carbocycles. The summed E-state index contributed by atoms with van der Waals surface area (Å²) < 4.78 is 26.8. The van der Waals surface area contributed by atoms with E-state index in [2.05, 4.69) is 31.3 Å². The van der Waals surface area contributed by atoms with Crippen molar-refractivity contribution in [3.05, 3.63) is 40.6 Å². The number of hydrazine groups is 1. The molecule has 0 saturated heterocycles. The molecule has 2 aromatic rings. The molecule has 4 nitrogen and oxygen atoms in total. The highest BCUT2D eigenvalue weighted by Gasteiger charge is 2.12. The highest BCUT2D eigenvalue weighted by Crippen LogP contribution is 2.35. The maximum atomic E-state index is 13.5. The van der Waals surface area contributed by atoms with Crippen molar-refractivity contribution >= 4 is 33.5 Å². The van der Waals surface area contributed by atoms with Crippen LogP contribution < -0.4 is 11.3 Å². The van der Waals surface area contributed by atoms with Gasteiger partial charge in [-0.2, -0.15) is 0 Å². The summed E-state index contributed by atoms with van der Waals surface area (Å²) in [5.74, 6) is 4.38. The first kappa shape index (κ1) is 13.2. The largest absolute Gasteiger partial charge is 0.307 e. The molecule has 94 valence electrons. The Bertz CT molecular complexity index is 582. The minimum Gasteiger partial charge on any atom is -0.307 e. The number of halogens is 3. The molecule has 0 atom stereocenters. The monoisotopic (exact) mass is 332 g/mol. The minimum absolute atomic E-state index is 0.263. The smallest absolute Gasteiger partial charge is 0.158 e. The van der Waals surface area contributed by atoms with E-state index in [0.717, 1.165) is 17.8 Å². The van der Waals surface area contributed by atoms with Gasteiger partial charge in [-0.05, 0) is 28.1 Å². The van der Waals surface area contributed by atoms with Gasteiger partial charge in [-0.1, -0.05) is 11.8 Å². The van der Waals surface area contributed by atoms with Crippen LogP contribution in [0.1, 0.15) is 0 Å². The molecule has 0 saturated carbocycles. The summed E-state index contributed by atoms with van der Waals surface area (Å²) in [5.41, 5.74) is 2.38. The van der Waals surface area contributed by atoms with E-state index in [1.165, 1.54) is 18.5 Å².